The largest absolute Gasteiger partial charge is 0.497 e. The number of hydrogen-bond donors (Lipinski definition) is 2. The topological polar surface area (TPSA) is 54.1 Å². The van der Waals surface area contributed by atoms with Gasteiger partial charge >= 0.3 is 0 Å². The van der Waals surface area contributed by atoms with Crippen molar-refractivity contribution in [1.82, 2.24) is 10.3 Å². The number of benzene rings is 1. The molecule has 0 saturated heterocycles. The van der Waals surface area contributed by atoms with Gasteiger partial charge in [-0.1, -0.05) is 0 Å². The molecule has 16 heavy (non-hydrogen) atoms. The maximum Gasteiger partial charge on any atom is 0.178 e. The van der Waals surface area contributed by atoms with E-state index in [1.165, 1.54) is 0 Å². The van der Waals surface area contributed by atoms with Crippen molar-refractivity contribution in [2.45, 2.75) is 0 Å². The van der Waals surface area contributed by atoms with Crippen molar-refractivity contribution in [2.24, 2.45) is 0 Å². The van der Waals surface area contributed by atoms with Crippen LogP contribution in [-0.4, -0.2) is 31.5 Å². The van der Waals surface area contributed by atoms with Crippen LogP contribution in [0.2, 0.25) is 0 Å². The van der Waals surface area contributed by atoms with Crippen LogP contribution < -0.4 is 10.1 Å². The van der Waals surface area contributed by atoms with Crippen molar-refractivity contribution in [3.8, 4) is 5.75 Å². The van der Waals surface area contributed by atoms with Gasteiger partial charge in [0.15, 0.2) is 5.78 Å². The fraction of sp³-hybridized carbons (Fsp3) is 0.250. The van der Waals surface area contributed by atoms with E-state index in [1.54, 1.807) is 20.4 Å². The van der Waals surface area contributed by atoms with Crippen LogP contribution in [0.1, 0.15) is 10.4 Å². The number of H-pyrrole nitrogens is 1. The molecule has 0 saturated carbocycles. The average molecular weight is 218 g/mol. The Morgan fingerprint density at radius 3 is 3.00 bits per heavy atom. The number of methoxy groups -OCH3 is 1. The van der Waals surface area contributed by atoms with E-state index in [4.69, 9.17) is 4.74 Å². The Bertz CT molecular complexity index is 517. The number of rotatable bonds is 4. The van der Waals surface area contributed by atoms with Crippen molar-refractivity contribution in [3.63, 3.8) is 0 Å². The molecular formula is C12H14N2O2. The summed E-state index contributed by atoms with van der Waals surface area (Å²) in [5.74, 6) is 0.826. The van der Waals surface area contributed by atoms with Crippen LogP contribution in [0.4, 0.5) is 0 Å². The van der Waals surface area contributed by atoms with E-state index < -0.39 is 0 Å². The van der Waals surface area contributed by atoms with Gasteiger partial charge in [0, 0.05) is 22.7 Å². The van der Waals surface area contributed by atoms with Crippen LogP contribution in [0.5, 0.6) is 5.75 Å². The molecule has 84 valence electrons. The van der Waals surface area contributed by atoms with Gasteiger partial charge in [0.1, 0.15) is 5.75 Å². The van der Waals surface area contributed by atoms with Crippen molar-refractivity contribution in [2.75, 3.05) is 20.7 Å². The zero-order chi connectivity index (χ0) is 11.5. The predicted octanol–water partition coefficient (Wildman–Crippen LogP) is 1.58. The molecule has 0 fully saturated rings. The third-order valence-corrected chi connectivity index (χ3v) is 2.53. The van der Waals surface area contributed by atoms with Crippen LogP contribution in [0.25, 0.3) is 10.9 Å². The number of fused-ring (bicyclic) bond motifs is 1. The zero-order valence-electron chi connectivity index (χ0n) is 9.33. The molecule has 4 nitrogen and oxygen atoms in total. The molecule has 0 atom stereocenters. The summed E-state index contributed by atoms with van der Waals surface area (Å²) in [6.07, 6.45) is 1.74. The summed E-state index contributed by atoms with van der Waals surface area (Å²) in [4.78, 5) is 14.9. The molecule has 2 N–H and O–H groups in total. The highest BCUT2D eigenvalue weighted by atomic mass is 16.5. The first-order valence-electron chi connectivity index (χ1n) is 5.09. The number of hydrogen-bond acceptors (Lipinski definition) is 3. The molecule has 0 aliphatic heterocycles. The number of Topliss-reactive ketones (excluding diaryl/α,β-unsaturated/α-hetero) is 1. The summed E-state index contributed by atoms with van der Waals surface area (Å²) in [5, 5.41) is 3.76. The van der Waals surface area contributed by atoms with Crippen molar-refractivity contribution in [3.05, 3.63) is 30.0 Å². The maximum atomic E-state index is 11.8. The number of ether oxygens (including phenoxy) is 1. The van der Waals surface area contributed by atoms with Gasteiger partial charge in [-0.25, -0.2) is 0 Å². The highest BCUT2D eigenvalue weighted by Gasteiger charge is 2.11. The lowest BCUT2D eigenvalue weighted by molar-refractivity contribution is 0.0995. The van der Waals surface area contributed by atoms with Crippen LogP contribution in [0.3, 0.4) is 0 Å². The van der Waals surface area contributed by atoms with Crippen LogP contribution >= 0.6 is 0 Å². The molecular weight excluding hydrogens is 204 g/mol. The molecule has 0 bridgehead atoms. The second-order valence-electron chi connectivity index (χ2n) is 3.57. The van der Waals surface area contributed by atoms with Gasteiger partial charge in [0.2, 0.25) is 0 Å². The molecule has 4 heteroatoms. The number of carbonyl (C=O) groups excluding carboxylic acids is 1. The van der Waals surface area contributed by atoms with Gasteiger partial charge in [0.05, 0.1) is 13.7 Å². The summed E-state index contributed by atoms with van der Waals surface area (Å²) < 4.78 is 5.15. The Hall–Kier alpha value is -1.81. The van der Waals surface area contributed by atoms with E-state index in [2.05, 4.69) is 10.3 Å². The van der Waals surface area contributed by atoms with E-state index in [-0.39, 0.29) is 5.78 Å². The lowest BCUT2D eigenvalue weighted by Crippen LogP contribution is -2.18. The smallest absolute Gasteiger partial charge is 0.178 e. The zero-order valence-corrected chi connectivity index (χ0v) is 9.33. The lowest BCUT2D eigenvalue weighted by atomic mass is 10.1. The van der Waals surface area contributed by atoms with Gasteiger partial charge in [-0.15, -0.1) is 0 Å². The molecule has 0 amide bonds. The summed E-state index contributed by atoms with van der Waals surface area (Å²) in [7, 11) is 3.37. The number of aromatic amines is 1. The van der Waals surface area contributed by atoms with Crippen molar-refractivity contribution in [1.29, 1.82) is 0 Å². The third-order valence-electron chi connectivity index (χ3n) is 2.53. The molecule has 1 aromatic heterocycles. The van der Waals surface area contributed by atoms with E-state index in [0.717, 1.165) is 16.7 Å². The Labute approximate surface area is 93.6 Å². The summed E-state index contributed by atoms with van der Waals surface area (Å²) in [5.41, 5.74) is 1.64. The van der Waals surface area contributed by atoms with Crippen LogP contribution in [0, 0.1) is 0 Å². The number of ketones is 1. The van der Waals surface area contributed by atoms with Gasteiger partial charge in [-0.2, -0.15) is 0 Å². The summed E-state index contributed by atoms with van der Waals surface area (Å²) in [6.45, 7) is 0.337. The molecule has 1 heterocycles. The van der Waals surface area contributed by atoms with Crippen molar-refractivity contribution < 1.29 is 9.53 Å². The number of aromatic nitrogens is 1. The van der Waals surface area contributed by atoms with E-state index in [9.17, 15) is 4.79 Å². The standard InChI is InChI=1S/C12H14N2O2/c1-13-7-12(15)10-6-14-11-4-3-8(16-2)5-9(10)11/h3-6,13-14H,7H2,1-2H3. The Morgan fingerprint density at radius 2 is 2.31 bits per heavy atom. The monoisotopic (exact) mass is 218 g/mol. The second kappa shape index (κ2) is 4.37. The summed E-state index contributed by atoms with van der Waals surface area (Å²) >= 11 is 0. The first kappa shape index (κ1) is 10.7. The highest BCUT2D eigenvalue weighted by Crippen LogP contribution is 2.23. The molecule has 0 unspecified atom stereocenters. The number of nitrogens with one attached hydrogen (secondary N) is 2. The third kappa shape index (κ3) is 1.79. The quantitative estimate of drug-likeness (QED) is 0.766. The summed E-state index contributed by atoms with van der Waals surface area (Å²) in [6, 6.07) is 5.64. The first-order chi connectivity index (χ1) is 7.76. The molecule has 2 rings (SSSR count). The Kier molecular flexibility index (Phi) is 2.92. The maximum absolute atomic E-state index is 11.8. The van der Waals surface area contributed by atoms with Crippen LogP contribution in [-0.2, 0) is 0 Å². The first-order valence-corrected chi connectivity index (χ1v) is 5.09. The minimum Gasteiger partial charge on any atom is -0.497 e. The molecule has 2 aromatic rings. The lowest BCUT2D eigenvalue weighted by Gasteiger charge is -2.01. The van der Waals surface area contributed by atoms with Gasteiger partial charge in [-0.3, -0.25) is 4.79 Å². The van der Waals surface area contributed by atoms with Gasteiger partial charge in [-0.05, 0) is 25.2 Å². The van der Waals surface area contributed by atoms with E-state index in [0.29, 0.717) is 12.1 Å². The average Bonchev–Trinajstić information content (AvgIpc) is 2.71. The van der Waals surface area contributed by atoms with Crippen LogP contribution in [0.15, 0.2) is 24.4 Å². The highest BCUT2D eigenvalue weighted by molar-refractivity contribution is 6.09. The van der Waals surface area contributed by atoms with Gasteiger partial charge in [0.25, 0.3) is 0 Å². The van der Waals surface area contributed by atoms with Gasteiger partial charge < -0.3 is 15.0 Å². The minimum absolute atomic E-state index is 0.0713. The molecule has 1 aromatic carbocycles. The predicted molar refractivity (Wildman–Crippen MR) is 63.1 cm³/mol. The fourth-order valence-corrected chi connectivity index (χ4v) is 1.71. The SMILES string of the molecule is CNCC(=O)c1c[nH]c2ccc(OC)cc12. The second-order valence-corrected chi connectivity index (χ2v) is 3.57. The van der Waals surface area contributed by atoms with Crippen molar-refractivity contribution >= 4 is 16.7 Å². The molecule has 0 aliphatic carbocycles. The van der Waals surface area contributed by atoms with E-state index in [1.807, 2.05) is 18.2 Å². The molecule has 0 spiro atoms. The Balaban J connectivity index is 2.49. The number of likely N-dealkylation sites (N-methyl/N-ethyl adjacent to an activating group) is 1. The fourth-order valence-electron chi connectivity index (χ4n) is 1.71. The number of carbonyl (C=O) groups is 1. The molecule has 0 aliphatic rings. The Morgan fingerprint density at radius 1 is 1.50 bits per heavy atom. The normalized spacial score (nSPS) is 10.6. The molecule has 0 radical (unpaired) electrons. The van der Waals surface area contributed by atoms with E-state index >= 15 is 0 Å². The minimum atomic E-state index is 0.0713.